The van der Waals surface area contributed by atoms with E-state index in [1.165, 1.54) is 25.0 Å². The van der Waals surface area contributed by atoms with Crippen molar-refractivity contribution in [2.75, 3.05) is 12.3 Å². The molecule has 2 heteroatoms. The van der Waals surface area contributed by atoms with Gasteiger partial charge >= 0.3 is 0 Å². The van der Waals surface area contributed by atoms with Crippen LogP contribution in [0.1, 0.15) is 33.1 Å². The van der Waals surface area contributed by atoms with Gasteiger partial charge in [0.05, 0.1) is 0 Å². The van der Waals surface area contributed by atoms with Crippen molar-refractivity contribution >= 4 is 11.8 Å². The fourth-order valence-corrected chi connectivity index (χ4v) is 3.64. The third kappa shape index (κ3) is 2.67. The zero-order chi connectivity index (χ0) is 8.97. The Bertz CT molecular complexity index is 119. The van der Waals surface area contributed by atoms with E-state index in [2.05, 4.69) is 25.6 Å². The van der Waals surface area contributed by atoms with Gasteiger partial charge in [0.15, 0.2) is 0 Å². The van der Waals surface area contributed by atoms with Gasteiger partial charge in [0, 0.05) is 5.25 Å². The summed E-state index contributed by atoms with van der Waals surface area (Å²) >= 11 is 2.14. The molecule has 1 aliphatic rings. The number of nitrogens with two attached hydrogens (primary N) is 1. The molecular formula is C10H21NS. The Morgan fingerprint density at radius 1 is 1.42 bits per heavy atom. The second-order valence-corrected chi connectivity index (χ2v) is 5.40. The van der Waals surface area contributed by atoms with Crippen LogP contribution < -0.4 is 5.73 Å². The molecule has 2 unspecified atom stereocenters. The van der Waals surface area contributed by atoms with Crippen LogP contribution in [0.2, 0.25) is 0 Å². The molecule has 0 aliphatic carbocycles. The first-order chi connectivity index (χ1) is 5.75. The lowest BCUT2D eigenvalue weighted by Crippen LogP contribution is -2.31. The predicted molar refractivity (Wildman–Crippen MR) is 57.5 cm³/mol. The van der Waals surface area contributed by atoms with E-state index in [0.29, 0.717) is 0 Å². The van der Waals surface area contributed by atoms with Crippen LogP contribution in [0.15, 0.2) is 0 Å². The highest BCUT2D eigenvalue weighted by molar-refractivity contribution is 7.99. The van der Waals surface area contributed by atoms with Crippen molar-refractivity contribution in [2.45, 2.75) is 38.4 Å². The van der Waals surface area contributed by atoms with Gasteiger partial charge in [-0.2, -0.15) is 11.8 Å². The van der Waals surface area contributed by atoms with Gasteiger partial charge in [-0.1, -0.05) is 20.3 Å². The Kier molecular flexibility index (Phi) is 4.44. The van der Waals surface area contributed by atoms with E-state index in [1.54, 1.807) is 0 Å². The third-order valence-electron chi connectivity index (χ3n) is 2.82. The Hall–Kier alpha value is 0.310. The minimum absolute atomic E-state index is 0.746. The number of hydrogen-bond donors (Lipinski definition) is 1. The molecule has 1 fully saturated rings. The summed E-state index contributed by atoms with van der Waals surface area (Å²) in [6.07, 6.45) is 4.22. The highest BCUT2D eigenvalue weighted by Crippen LogP contribution is 2.33. The van der Waals surface area contributed by atoms with Crippen molar-refractivity contribution in [3.63, 3.8) is 0 Å². The Morgan fingerprint density at radius 2 is 2.17 bits per heavy atom. The second kappa shape index (κ2) is 5.13. The topological polar surface area (TPSA) is 26.0 Å². The molecule has 1 heterocycles. The van der Waals surface area contributed by atoms with E-state index in [4.69, 9.17) is 5.73 Å². The van der Waals surface area contributed by atoms with E-state index < -0.39 is 0 Å². The van der Waals surface area contributed by atoms with Gasteiger partial charge in [0.2, 0.25) is 0 Å². The van der Waals surface area contributed by atoms with Crippen LogP contribution >= 0.6 is 11.8 Å². The average molecular weight is 187 g/mol. The molecule has 0 aromatic heterocycles. The normalized spacial score (nSPS) is 27.5. The molecule has 72 valence electrons. The van der Waals surface area contributed by atoms with Crippen molar-refractivity contribution < 1.29 is 0 Å². The second-order valence-electron chi connectivity index (χ2n) is 4.05. The average Bonchev–Trinajstić information content (AvgIpc) is 2.07. The molecule has 1 saturated heterocycles. The molecule has 2 atom stereocenters. The predicted octanol–water partition coefficient (Wildman–Crippen LogP) is 2.50. The van der Waals surface area contributed by atoms with Gasteiger partial charge in [-0.15, -0.1) is 0 Å². The highest BCUT2D eigenvalue weighted by atomic mass is 32.2. The SMILES string of the molecule is CC(C)C(CN)C1CCCCS1. The summed E-state index contributed by atoms with van der Waals surface area (Å²) in [5.41, 5.74) is 5.79. The van der Waals surface area contributed by atoms with Gasteiger partial charge in [-0.25, -0.2) is 0 Å². The quantitative estimate of drug-likeness (QED) is 0.734. The summed E-state index contributed by atoms with van der Waals surface area (Å²) in [5, 5.41) is 0.851. The summed E-state index contributed by atoms with van der Waals surface area (Å²) in [7, 11) is 0. The fourth-order valence-electron chi connectivity index (χ4n) is 1.96. The molecule has 2 N–H and O–H groups in total. The Balaban J connectivity index is 2.40. The minimum Gasteiger partial charge on any atom is -0.330 e. The van der Waals surface area contributed by atoms with Gasteiger partial charge in [0.1, 0.15) is 0 Å². The third-order valence-corrected chi connectivity index (χ3v) is 4.36. The lowest BCUT2D eigenvalue weighted by molar-refractivity contribution is 0.362. The van der Waals surface area contributed by atoms with Crippen molar-refractivity contribution in [3.05, 3.63) is 0 Å². The van der Waals surface area contributed by atoms with E-state index in [-0.39, 0.29) is 0 Å². The van der Waals surface area contributed by atoms with Gasteiger partial charge in [-0.3, -0.25) is 0 Å². The van der Waals surface area contributed by atoms with Crippen molar-refractivity contribution in [1.82, 2.24) is 0 Å². The van der Waals surface area contributed by atoms with Crippen LogP contribution in [-0.2, 0) is 0 Å². The molecule has 0 bridgehead atoms. The van der Waals surface area contributed by atoms with E-state index in [0.717, 1.165) is 23.6 Å². The molecule has 12 heavy (non-hydrogen) atoms. The Morgan fingerprint density at radius 3 is 2.58 bits per heavy atom. The van der Waals surface area contributed by atoms with Crippen molar-refractivity contribution in [3.8, 4) is 0 Å². The Labute approximate surface area is 80.5 Å². The molecule has 1 rings (SSSR count). The van der Waals surface area contributed by atoms with E-state index in [1.807, 2.05) is 0 Å². The zero-order valence-electron chi connectivity index (χ0n) is 8.25. The van der Waals surface area contributed by atoms with Crippen LogP contribution in [0.5, 0.6) is 0 Å². The van der Waals surface area contributed by atoms with Gasteiger partial charge in [-0.05, 0) is 37.0 Å². The molecule has 0 saturated carbocycles. The smallest absolute Gasteiger partial charge is 0.00897 e. The van der Waals surface area contributed by atoms with Gasteiger partial charge < -0.3 is 5.73 Å². The van der Waals surface area contributed by atoms with Crippen LogP contribution in [0.4, 0.5) is 0 Å². The number of thioether (sulfide) groups is 1. The van der Waals surface area contributed by atoms with Crippen molar-refractivity contribution in [2.24, 2.45) is 17.6 Å². The van der Waals surface area contributed by atoms with Crippen LogP contribution in [0, 0.1) is 11.8 Å². The van der Waals surface area contributed by atoms with E-state index >= 15 is 0 Å². The standard InChI is InChI=1S/C10H21NS/c1-8(2)9(7-11)10-5-3-4-6-12-10/h8-10H,3-7,11H2,1-2H3. The molecular weight excluding hydrogens is 166 g/mol. The molecule has 0 aromatic rings. The summed E-state index contributed by atoms with van der Waals surface area (Å²) in [4.78, 5) is 0. The molecule has 1 nitrogen and oxygen atoms in total. The minimum atomic E-state index is 0.746. The maximum absolute atomic E-state index is 5.79. The van der Waals surface area contributed by atoms with E-state index in [9.17, 15) is 0 Å². The lowest BCUT2D eigenvalue weighted by Gasteiger charge is -2.31. The summed E-state index contributed by atoms with van der Waals surface area (Å²) in [6.45, 7) is 5.47. The van der Waals surface area contributed by atoms with Gasteiger partial charge in [0.25, 0.3) is 0 Å². The molecule has 0 radical (unpaired) electrons. The largest absolute Gasteiger partial charge is 0.330 e. The highest BCUT2D eigenvalue weighted by Gasteiger charge is 2.25. The first kappa shape index (κ1) is 10.4. The lowest BCUT2D eigenvalue weighted by atomic mass is 9.90. The first-order valence-corrected chi connectivity index (χ1v) is 6.12. The van der Waals surface area contributed by atoms with Crippen LogP contribution in [0.3, 0.4) is 0 Å². The molecule has 1 aliphatic heterocycles. The monoisotopic (exact) mass is 187 g/mol. The maximum Gasteiger partial charge on any atom is 0.00897 e. The first-order valence-electron chi connectivity index (χ1n) is 5.07. The molecule has 0 aromatic carbocycles. The summed E-state index contributed by atoms with van der Waals surface area (Å²) in [5.74, 6) is 2.86. The number of rotatable bonds is 3. The van der Waals surface area contributed by atoms with Crippen LogP contribution in [0.25, 0.3) is 0 Å². The number of hydrogen-bond acceptors (Lipinski definition) is 2. The summed E-state index contributed by atoms with van der Waals surface area (Å²) < 4.78 is 0. The fraction of sp³-hybridized carbons (Fsp3) is 1.00. The maximum atomic E-state index is 5.79. The zero-order valence-corrected chi connectivity index (χ0v) is 9.07. The van der Waals surface area contributed by atoms with Crippen LogP contribution in [-0.4, -0.2) is 17.5 Å². The molecule has 0 spiro atoms. The molecule has 0 amide bonds. The summed E-state index contributed by atoms with van der Waals surface area (Å²) in [6, 6.07) is 0. The van der Waals surface area contributed by atoms with Crippen molar-refractivity contribution in [1.29, 1.82) is 0 Å².